The zero-order chi connectivity index (χ0) is 7.68. The fraction of sp³-hybridized carbons (Fsp3) is 0. The Kier molecular flexibility index (Phi) is 1.22. The lowest BCUT2D eigenvalue weighted by Gasteiger charge is -1.91. The minimum atomic E-state index is -0.316. The van der Waals surface area contributed by atoms with E-state index < -0.39 is 0 Å². The molecule has 2 rings (SSSR count). The third kappa shape index (κ3) is 1.00. The largest absolute Gasteiger partial charge is 0.345 e. The van der Waals surface area contributed by atoms with Crippen LogP contribution in [0.5, 0.6) is 0 Å². The average Bonchev–Trinajstić information content (AvgIpc) is 2.04. The van der Waals surface area contributed by atoms with Gasteiger partial charge < -0.3 is 4.98 Å². The summed E-state index contributed by atoms with van der Waals surface area (Å²) in [5.41, 5.74) is 0.479. The molecule has 3 heteroatoms. The first kappa shape index (κ1) is 6.09. The van der Waals surface area contributed by atoms with E-state index in [9.17, 15) is 4.79 Å². The maximum atomic E-state index is 10.7. The van der Waals surface area contributed by atoms with Gasteiger partial charge in [-0.1, -0.05) is 6.07 Å². The third-order valence-electron chi connectivity index (χ3n) is 1.46. The van der Waals surface area contributed by atoms with Crippen LogP contribution in [0.15, 0.2) is 29.2 Å². The van der Waals surface area contributed by atoms with E-state index in [-0.39, 0.29) is 5.69 Å². The summed E-state index contributed by atoms with van der Waals surface area (Å²) in [7, 11) is 0. The van der Waals surface area contributed by atoms with Crippen LogP contribution in [0.1, 0.15) is 0 Å². The molecule has 1 radical (unpaired) electrons. The highest BCUT2D eigenvalue weighted by atomic mass is 16.1. The second-order valence-electron chi connectivity index (χ2n) is 2.20. The molecule has 0 amide bonds. The number of aromatic nitrogens is 2. The van der Waals surface area contributed by atoms with Crippen LogP contribution in [0.2, 0.25) is 0 Å². The summed E-state index contributed by atoms with van der Waals surface area (Å²) >= 11 is 0. The lowest BCUT2D eigenvalue weighted by molar-refractivity contribution is 1.12. The van der Waals surface area contributed by atoms with Crippen LogP contribution in [-0.4, -0.2) is 9.97 Å². The van der Waals surface area contributed by atoms with Gasteiger partial charge in [0.2, 0.25) is 0 Å². The summed E-state index contributed by atoms with van der Waals surface area (Å²) in [6.45, 7) is 0. The molecule has 2 aromatic rings. The summed E-state index contributed by atoms with van der Waals surface area (Å²) in [5, 5.41) is 0.895. The molecule has 0 aliphatic rings. The van der Waals surface area contributed by atoms with E-state index in [4.69, 9.17) is 0 Å². The Morgan fingerprint density at radius 3 is 3.36 bits per heavy atom. The number of hydrogen-bond donors (Lipinski definition) is 1. The molecule has 0 saturated carbocycles. The van der Waals surface area contributed by atoms with Crippen LogP contribution < -0.4 is 5.69 Å². The van der Waals surface area contributed by atoms with Gasteiger partial charge in [-0.15, -0.1) is 0 Å². The first-order valence-electron chi connectivity index (χ1n) is 3.21. The fourth-order valence-electron chi connectivity index (χ4n) is 0.940. The molecule has 0 bridgehead atoms. The van der Waals surface area contributed by atoms with Gasteiger partial charge in [-0.2, -0.15) is 0 Å². The summed E-state index contributed by atoms with van der Waals surface area (Å²) in [5.74, 6) is 0. The SMILES string of the molecule is O=c1ncc2c[c]ccc2[nH]1. The van der Waals surface area contributed by atoms with Crippen LogP contribution in [0, 0.1) is 6.07 Å². The minimum absolute atomic E-state index is 0.316. The Hall–Kier alpha value is -1.64. The second-order valence-corrected chi connectivity index (χ2v) is 2.20. The fourth-order valence-corrected chi connectivity index (χ4v) is 0.940. The Morgan fingerprint density at radius 1 is 1.55 bits per heavy atom. The maximum absolute atomic E-state index is 10.7. The van der Waals surface area contributed by atoms with E-state index >= 15 is 0 Å². The van der Waals surface area contributed by atoms with Crippen molar-refractivity contribution in [2.75, 3.05) is 0 Å². The molecular weight excluding hydrogens is 140 g/mol. The van der Waals surface area contributed by atoms with Gasteiger partial charge in [-0.05, 0) is 18.2 Å². The quantitative estimate of drug-likeness (QED) is 0.593. The standard InChI is InChI=1S/C8H5N2O/c11-8-9-5-6-3-1-2-4-7(6)10-8/h2-5H,(H,9,10,11). The molecule has 3 nitrogen and oxygen atoms in total. The molecule has 1 N–H and O–H groups in total. The van der Waals surface area contributed by atoms with Crippen molar-refractivity contribution in [3.05, 3.63) is 40.9 Å². The molecule has 0 spiro atoms. The van der Waals surface area contributed by atoms with Crippen molar-refractivity contribution in [3.63, 3.8) is 0 Å². The number of nitrogens with zero attached hydrogens (tertiary/aromatic N) is 1. The third-order valence-corrected chi connectivity index (χ3v) is 1.46. The van der Waals surface area contributed by atoms with Crippen molar-refractivity contribution in [2.45, 2.75) is 0 Å². The van der Waals surface area contributed by atoms with Crippen LogP contribution >= 0.6 is 0 Å². The maximum Gasteiger partial charge on any atom is 0.345 e. The second kappa shape index (κ2) is 2.20. The normalized spacial score (nSPS) is 10.2. The van der Waals surface area contributed by atoms with Gasteiger partial charge in [-0.25, -0.2) is 9.78 Å². The van der Waals surface area contributed by atoms with E-state index in [1.54, 1.807) is 18.2 Å². The highest BCUT2D eigenvalue weighted by molar-refractivity contribution is 5.76. The number of fused-ring (bicyclic) bond motifs is 1. The molecule has 0 unspecified atom stereocenters. The molecular formula is C8H5N2O. The van der Waals surface area contributed by atoms with Crippen molar-refractivity contribution in [3.8, 4) is 0 Å². The highest BCUT2D eigenvalue weighted by Crippen LogP contribution is 2.04. The van der Waals surface area contributed by atoms with Gasteiger partial charge in [0.05, 0.1) is 5.52 Å². The smallest absolute Gasteiger partial charge is 0.305 e. The van der Waals surface area contributed by atoms with Crippen molar-refractivity contribution >= 4 is 10.9 Å². The lowest BCUT2D eigenvalue weighted by Crippen LogP contribution is -2.07. The van der Waals surface area contributed by atoms with E-state index in [1.807, 2.05) is 0 Å². The van der Waals surface area contributed by atoms with E-state index in [2.05, 4.69) is 16.0 Å². The summed E-state index contributed by atoms with van der Waals surface area (Å²) in [6.07, 6.45) is 1.53. The van der Waals surface area contributed by atoms with Crippen molar-refractivity contribution in [1.82, 2.24) is 9.97 Å². The molecule has 53 valence electrons. The molecule has 1 aromatic heterocycles. The van der Waals surface area contributed by atoms with Gasteiger partial charge in [0, 0.05) is 11.6 Å². The summed E-state index contributed by atoms with van der Waals surface area (Å²) in [4.78, 5) is 16.9. The van der Waals surface area contributed by atoms with Crippen molar-refractivity contribution < 1.29 is 0 Å². The molecule has 0 aliphatic heterocycles. The number of H-pyrrole nitrogens is 1. The minimum Gasteiger partial charge on any atom is -0.305 e. The molecule has 0 atom stereocenters. The number of rotatable bonds is 0. The average molecular weight is 145 g/mol. The van der Waals surface area contributed by atoms with Gasteiger partial charge in [-0.3, -0.25) is 0 Å². The molecule has 1 heterocycles. The van der Waals surface area contributed by atoms with Crippen molar-refractivity contribution in [1.29, 1.82) is 0 Å². The molecule has 0 fully saturated rings. The zero-order valence-electron chi connectivity index (χ0n) is 5.66. The Bertz CT molecular complexity index is 433. The number of benzene rings is 1. The Labute approximate surface area is 62.7 Å². The number of aromatic amines is 1. The molecule has 0 aliphatic carbocycles. The zero-order valence-corrected chi connectivity index (χ0v) is 5.66. The number of nitrogens with one attached hydrogen (secondary N) is 1. The Morgan fingerprint density at radius 2 is 2.45 bits per heavy atom. The predicted molar refractivity (Wildman–Crippen MR) is 41.2 cm³/mol. The first-order valence-corrected chi connectivity index (χ1v) is 3.21. The van der Waals surface area contributed by atoms with E-state index in [0.717, 1.165) is 10.9 Å². The summed E-state index contributed by atoms with van der Waals surface area (Å²) in [6, 6.07) is 8.21. The topological polar surface area (TPSA) is 45.8 Å². The first-order chi connectivity index (χ1) is 5.36. The number of hydrogen-bond acceptors (Lipinski definition) is 2. The molecule has 0 saturated heterocycles. The molecule has 11 heavy (non-hydrogen) atoms. The lowest BCUT2D eigenvalue weighted by atomic mass is 10.2. The highest BCUT2D eigenvalue weighted by Gasteiger charge is 1.90. The van der Waals surface area contributed by atoms with Crippen LogP contribution in [0.25, 0.3) is 10.9 Å². The van der Waals surface area contributed by atoms with E-state index in [0.29, 0.717) is 0 Å². The van der Waals surface area contributed by atoms with E-state index in [1.165, 1.54) is 6.20 Å². The van der Waals surface area contributed by atoms with Crippen molar-refractivity contribution in [2.24, 2.45) is 0 Å². The van der Waals surface area contributed by atoms with Gasteiger partial charge in [0.25, 0.3) is 0 Å². The van der Waals surface area contributed by atoms with Gasteiger partial charge >= 0.3 is 5.69 Å². The predicted octanol–water partition coefficient (Wildman–Crippen LogP) is 0.723. The van der Waals surface area contributed by atoms with Crippen LogP contribution in [0.4, 0.5) is 0 Å². The van der Waals surface area contributed by atoms with Crippen LogP contribution in [-0.2, 0) is 0 Å². The monoisotopic (exact) mass is 145 g/mol. The van der Waals surface area contributed by atoms with Crippen LogP contribution in [0.3, 0.4) is 0 Å². The molecule has 1 aromatic carbocycles. The summed E-state index contributed by atoms with van der Waals surface area (Å²) < 4.78 is 0. The Balaban J connectivity index is 2.94. The van der Waals surface area contributed by atoms with Gasteiger partial charge in [0.15, 0.2) is 0 Å². The van der Waals surface area contributed by atoms with Gasteiger partial charge in [0.1, 0.15) is 0 Å².